The highest BCUT2D eigenvalue weighted by Gasteiger charge is 2.15. The predicted octanol–water partition coefficient (Wildman–Crippen LogP) is 3.28. The summed E-state index contributed by atoms with van der Waals surface area (Å²) in [6.45, 7) is 5.23. The SMILES string of the molecule is CCOC(=O)c1ccc(NC(=O)C/C(C)=N\NC(=O)C(=O)Nc2cccc(Cl)c2C)cc1. The van der Waals surface area contributed by atoms with Crippen LogP contribution in [0.3, 0.4) is 0 Å². The molecule has 2 aromatic carbocycles. The maximum absolute atomic E-state index is 12.1. The Morgan fingerprint density at radius 1 is 1.00 bits per heavy atom. The van der Waals surface area contributed by atoms with Crippen molar-refractivity contribution < 1.29 is 23.9 Å². The second-order valence-electron chi connectivity index (χ2n) is 6.68. The fourth-order valence-corrected chi connectivity index (χ4v) is 2.67. The van der Waals surface area contributed by atoms with E-state index in [1.807, 2.05) is 0 Å². The standard InChI is InChI=1S/C22H23ClN4O5/c1-4-32-22(31)15-8-10-16(11-9-15)24-19(28)12-13(2)26-27-21(30)20(29)25-18-7-5-6-17(23)14(18)3/h5-11H,4,12H2,1-3H3,(H,24,28)(H,25,29)(H,27,30)/b26-13-. The van der Waals surface area contributed by atoms with Crippen molar-refractivity contribution in [1.82, 2.24) is 5.43 Å². The average Bonchev–Trinajstić information content (AvgIpc) is 2.75. The van der Waals surface area contributed by atoms with Gasteiger partial charge < -0.3 is 15.4 Å². The van der Waals surface area contributed by atoms with Crippen LogP contribution in [0.25, 0.3) is 0 Å². The highest BCUT2D eigenvalue weighted by atomic mass is 35.5. The first-order valence-electron chi connectivity index (χ1n) is 9.68. The fraction of sp³-hybridized carbons (Fsp3) is 0.227. The van der Waals surface area contributed by atoms with Gasteiger partial charge in [0.05, 0.1) is 18.6 Å². The molecule has 10 heteroatoms. The average molecular weight is 459 g/mol. The van der Waals surface area contributed by atoms with Gasteiger partial charge in [-0.2, -0.15) is 5.10 Å². The second-order valence-corrected chi connectivity index (χ2v) is 7.08. The van der Waals surface area contributed by atoms with Gasteiger partial charge in [0.25, 0.3) is 0 Å². The minimum absolute atomic E-state index is 0.116. The van der Waals surface area contributed by atoms with Crippen molar-refractivity contribution in [3.8, 4) is 0 Å². The molecule has 0 spiro atoms. The zero-order valence-electron chi connectivity index (χ0n) is 17.8. The summed E-state index contributed by atoms with van der Waals surface area (Å²) >= 11 is 5.99. The number of esters is 1. The van der Waals surface area contributed by atoms with Gasteiger partial charge in [-0.1, -0.05) is 17.7 Å². The Balaban J connectivity index is 1.85. The first-order valence-corrected chi connectivity index (χ1v) is 10.1. The summed E-state index contributed by atoms with van der Waals surface area (Å²) in [7, 11) is 0. The Morgan fingerprint density at radius 2 is 1.69 bits per heavy atom. The van der Waals surface area contributed by atoms with Crippen LogP contribution in [0.4, 0.5) is 11.4 Å². The molecule has 3 N–H and O–H groups in total. The van der Waals surface area contributed by atoms with Crippen molar-refractivity contribution in [2.24, 2.45) is 5.10 Å². The minimum Gasteiger partial charge on any atom is -0.462 e. The monoisotopic (exact) mass is 458 g/mol. The lowest BCUT2D eigenvalue weighted by Gasteiger charge is -2.09. The van der Waals surface area contributed by atoms with E-state index in [1.54, 1.807) is 44.2 Å². The van der Waals surface area contributed by atoms with E-state index >= 15 is 0 Å². The number of halogens is 1. The normalized spacial score (nSPS) is 10.8. The first kappa shape index (κ1) is 24.5. The molecule has 0 atom stereocenters. The molecule has 0 saturated carbocycles. The van der Waals surface area contributed by atoms with Crippen LogP contribution in [0.2, 0.25) is 5.02 Å². The molecule has 9 nitrogen and oxygen atoms in total. The third-order valence-electron chi connectivity index (χ3n) is 4.17. The van der Waals surface area contributed by atoms with Crippen molar-refractivity contribution in [3.05, 3.63) is 58.6 Å². The molecule has 0 aromatic heterocycles. The van der Waals surface area contributed by atoms with Gasteiger partial charge in [-0.3, -0.25) is 14.4 Å². The Hall–Kier alpha value is -3.72. The van der Waals surface area contributed by atoms with E-state index in [4.69, 9.17) is 16.3 Å². The molecule has 3 amide bonds. The Bertz CT molecular complexity index is 1050. The van der Waals surface area contributed by atoms with E-state index < -0.39 is 17.8 Å². The van der Waals surface area contributed by atoms with Crippen LogP contribution >= 0.6 is 11.6 Å². The molecular weight excluding hydrogens is 436 g/mol. The lowest BCUT2D eigenvalue weighted by Crippen LogP contribution is -2.33. The number of anilines is 2. The molecule has 0 aliphatic rings. The highest BCUT2D eigenvalue weighted by molar-refractivity contribution is 6.40. The largest absolute Gasteiger partial charge is 0.462 e. The summed E-state index contributed by atoms with van der Waals surface area (Å²) < 4.78 is 4.90. The summed E-state index contributed by atoms with van der Waals surface area (Å²) in [5.41, 5.74) is 4.28. The molecule has 0 unspecified atom stereocenters. The van der Waals surface area contributed by atoms with E-state index in [2.05, 4.69) is 21.2 Å². The van der Waals surface area contributed by atoms with Crippen LogP contribution in [-0.2, 0) is 19.1 Å². The summed E-state index contributed by atoms with van der Waals surface area (Å²) in [6, 6.07) is 11.1. The minimum atomic E-state index is -0.987. The van der Waals surface area contributed by atoms with Crippen LogP contribution in [0.5, 0.6) is 0 Å². The lowest BCUT2D eigenvalue weighted by molar-refractivity contribution is -0.136. The van der Waals surface area contributed by atoms with Crippen molar-refractivity contribution >= 4 is 52.4 Å². The van der Waals surface area contributed by atoms with E-state index in [1.165, 1.54) is 19.1 Å². The molecule has 2 rings (SSSR count). The fourth-order valence-electron chi connectivity index (χ4n) is 2.50. The van der Waals surface area contributed by atoms with Gasteiger partial charge in [-0.05, 0) is 62.7 Å². The third kappa shape index (κ3) is 7.21. The number of rotatable bonds is 7. The van der Waals surface area contributed by atoms with E-state index in [0.29, 0.717) is 27.5 Å². The maximum Gasteiger partial charge on any atom is 0.338 e. The van der Waals surface area contributed by atoms with Gasteiger partial charge in [-0.25, -0.2) is 10.2 Å². The predicted molar refractivity (Wildman–Crippen MR) is 122 cm³/mol. The Labute approximate surface area is 190 Å². The molecule has 0 saturated heterocycles. The van der Waals surface area contributed by atoms with Gasteiger partial charge in [-0.15, -0.1) is 0 Å². The van der Waals surface area contributed by atoms with E-state index in [-0.39, 0.29) is 24.6 Å². The van der Waals surface area contributed by atoms with E-state index in [9.17, 15) is 19.2 Å². The number of benzene rings is 2. The Kier molecular flexibility index (Phi) is 8.91. The number of hydrogen-bond acceptors (Lipinski definition) is 6. The summed E-state index contributed by atoms with van der Waals surface area (Å²) in [6.07, 6.45) is -0.116. The number of amides is 3. The van der Waals surface area contributed by atoms with Gasteiger partial charge in [0.1, 0.15) is 0 Å². The zero-order chi connectivity index (χ0) is 23.7. The molecule has 0 aliphatic heterocycles. The summed E-state index contributed by atoms with van der Waals surface area (Å²) in [5, 5.41) is 9.33. The Morgan fingerprint density at radius 3 is 2.34 bits per heavy atom. The van der Waals surface area contributed by atoms with Crippen molar-refractivity contribution in [2.45, 2.75) is 27.2 Å². The van der Waals surface area contributed by atoms with Gasteiger partial charge in [0.15, 0.2) is 0 Å². The van der Waals surface area contributed by atoms with Crippen LogP contribution in [0, 0.1) is 6.92 Å². The van der Waals surface area contributed by atoms with Crippen LogP contribution in [0.1, 0.15) is 36.2 Å². The van der Waals surface area contributed by atoms with E-state index in [0.717, 1.165) is 0 Å². The number of ether oxygens (including phenoxy) is 1. The number of carbonyl (C=O) groups excluding carboxylic acids is 4. The molecule has 168 valence electrons. The van der Waals surface area contributed by atoms with Crippen molar-refractivity contribution in [1.29, 1.82) is 0 Å². The number of hydrazone groups is 1. The van der Waals surface area contributed by atoms with Gasteiger partial charge in [0.2, 0.25) is 5.91 Å². The first-order chi connectivity index (χ1) is 15.2. The second kappa shape index (κ2) is 11.6. The number of nitrogens with zero attached hydrogens (tertiary/aromatic N) is 1. The maximum atomic E-state index is 12.1. The smallest absolute Gasteiger partial charge is 0.338 e. The molecule has 0 aliphatic carbocycles. The molecular formula is C22H23ClN4O5. The van der Waals surface area contributed by atoms with Crippen molar-refractivity contribution in [2.75, 3.05) is 17.2 Å². The van der Waals surface area contributed by atoms with Gasteiger partial charge in [0, 0.05) is 22.1 Å². The quantitative estimate of drug-likeness (QED) is 0.254. The number of hydrogen-bond donors (Lipinski definition) is 3. The topological polar surface area (TPSA) is 126 Å². The molecule has 0 heterocycles. The molecule has 0 radical (unpaired) electrons. The molecule has 0 bridgehead atoms. The lowest BCUT2D eigenvalue weighted by atomic mass is 10.2. The zero-order valence-corrected chi connectivity index (χ0v) is 18.6. The number of nitrogens with one attached hydrogen (secondary N) is 3. The van der Waals surface area contributed by atoms with Crippen LogP contribution in [0.15, 0.2) is 47.6 Å². The molecule has 0 fully saturated rings. The van der Waals surface area contributed by atoms with Crippen molar-refractivity contribution in [3.63, 3.8) is 0 Å². The summed E-state index contributed by atoms with van der Waals surface area (Å²) in [4.78, 5) is 47.8. The van der Waals surface area contributed by atoms with Gasteiger partial charge >= 0.3 is 17.8 Å². The number of carbonyl (C=O) groups is 4. The molecule has 32 heavy (non-hydrogen) atoms. The third-order valence-corrected chi connectivity index (χ3v) is 4.58. The highest BCUT2D eigenvalue weighted by Crippen LogP contribution is 2.22. The molecule has 2 aromatic rings. The van der Waals surface area contributed by atoms with Crippen LogP contribution in [-0.4, -0.2) is 36.0 Å². The van der Waals surface area contributed by atoms with Crippen LogP contribution < -0.4 is 16.1 Å². The summed E-state index contributed by atoms with van der Waals surface area (Å²) in [5.74, 6) is -2.74.